The van der Waals surface area contributed by atoms with E-state index in [1.807, 2.05) is 62.4 Å². The number of pyridine rings is 2. The summed E-state index contributed by atoms with van der Waals surface area (Å²) in [7, 11) is 0. The van der Waals surface area contributed by atoms with Crippen LogP contribution in [0.15, 0.2) is 66.9 Å². The lowest BCUT2D eigenvalue weighted by molar-refractivity contribution is -0.0592. The number of hydrogen-bond donors (Lipinski definition) is 0. The molecule has 7 rings (SSSR count). The van der Waals surface area contributed by atoms with Gasteiger partial charge in [0.1, 0.15) is 18.2 Å². The van der Waals surface area contributed by atoms with Crippen molar-refractivity contribution in [2.75, 3.05) is 26.3 Å². The second-order valence-electron chi connectivity index (χ2n) is 13.0. The standard InChI is InChI=1S/C37H40FN5O4/c1-24(2)22-47-37(44)27-9-10-32-33(18-27)43(20-30-13-16-45-30)34(40-32)21-42-14-11-25(12-15-42)31-7-4-8-35(41-31)46-23-28-6-3-5-26-17-29(38)19-39-36(26)28/h3-10,17-19,24-25,30H,11-16,20-23H2,1-2H3/t30-/m0/s1. The zero-order valence-electron chi connectivity index (χ0n) is 26.9. The summed E-state index contributed by atoms with van der Waals surface area (Å²) < 4.78 is 33.3. The van der Waals surface area contributed by atoms with Crippen LogP contribution in [-0.4, -0.2) is 62.8 Å². The normalized spacial score (nSPS) is 17.3. The molecule has 2 fully saturated rings. The van der Waals surface area contributed by atoms with E-state index >= 15 is 0 Å². The molecule has 1 atom stereocenters. The Hall–Kier alpha value is -4.41. The number of hydrogen-bond acceptors (Lipinski definition) is 8. The SMILES string of the molecule is CC(C)COC(=O)c1ccc2nc(CN3CCC(c4cccc(OCc5cccc6cc(F)cnc56)n4)CC3)n(C[C@@H]3CCO3)c2c1. The lowest BCUT2D eigenvalue weighted by Gasteiger charge is -2.32. The number of rotatable bonds is 11. The van der Waals surface area contributed by atoms with Crippen LogP contribution in [0.3, 0.4) is 0 Å². The highest BCUT2D eigenvalue weighted by Gasteiger charge is 2.26. The van der Waals surface area contributed by atoms with E-state index in [-0.39, 0.29) is 23.8 Å². The number of aromatic nitrogens is 4. The molecule has 5 aromatic rings. The quantitative estimate of drug-likeness (QED) is 0.148. The molecule has 47 heavy (non-hydrogen) atoms. The molecular formula is C37H40FN5O4. The Labute approximate surface area is 273 Å². The zero-order valence-corrected chi connectivity index (χ0v) is 26.9. The highest BCUT2D eigenvalue weighted by molar-refractivity contribution is 5.93. The molecule has 2 aliphatic heterocycles. The maximum atomic E-state index is 13.6. The summed E-state index contributed by atoms with van der Waals surface area (Å²) >= 11 is 0. The van der Waals surface area contributed by atoms with E-state index in [9.17, 15) is 9.18 Å². The number of piperidine rings is 1. The minimum atomic E-state index is -0.354. The van der Waals surface area contributed by atoms with Crippen molar-refractivity contribution in [3.05, 3.63) is 95.3 Å². The smallest absolute Gasteiger partial charge is 0.338 e. The molecule has 0 bridgehead atoms. The predicted octanol–water partition coefficient (Wildman–Crippen LogP) is 6.68. The van der Waals surface area contributed by atoms with Gasteiger partial charge in [0, 0.05) is 35.2 Å². The van der Waals surface area contributed by atoms with Gasteiger partial charge in [-0.15, -0.1) is 0 Å². The number of para-hydroxylation sites is 1. The molecule has 0 radical (unpaired) electrons. The van der Waals surface area contributed by atoms with Crippen LogP contribution < -0.4 is 4.74 Å². The first-order valence-electron chi connectivity index (χ1n) is 16.5. The van der Waals surface area contributed by atoms with Crippen molar-refractivity contribution in [3.8, 4) is 5.88 Å². The van der Waals surface area contributed by atoms with Crippen LogP contribution in [0.2, 0.25) is 0 Å². The van der Waals surface area contributed by atoms with Crippen molar-refractivity contribution < 1.29 is 23.4 Å². The van der Waals surface area contributed by atoms with Gasteiger partial charge < -0.3 is 18.8 Å². The number of carbonyl (C=O) groups is 1. The van der Waals surface area contributed by atoms with Crippen LogP contribution in [0, 0.1) is 11.7 Å². The fraction of sp³-hybridized carbons (Fsp3) is 0.405. The number of imidazole rings is 1. The molecule has 2 aliphatic rings. The van der Waals surface area contributed by atoms with Gasteiger partial charge in [0.25, 0.3) is 0 Å². The number of carbonyl (C=O) groups excluding carboxylic acids is 1. The third-order valence-corrected chi connectivity index (χ3v) is 9.04. The summed E-state index contributed by atoms with van der Waals surface area (Å²) in [4.78, 5) is 29.3. The Bertz CT molecular complexity index is 1880. The first-order chi connectivity index (χ1) is 22.9. The fourth-order valence-electron chi connectivity index (χ4n) is 6.37. The van der Waals surface area contributed by atoms with E-state index in [0.29, 0.717) is 30.6 Å². The van der Waals surface area contributed by atoms with Crippen LogP contribution in [0.4, 0.5) is 4.39 Å². The Morgan fingerprint density at radius 2 is 1.87 bits per heavy atom. The minimum absolute atomic E-state index is 0.161. The molecule has 3 aromatic heterocycles. The average molecular weight is 638 g/mol. The maximum absolute atomic E-state index is 13.6. The summed E-state index contributed by atoms with van der Waals surface area (Å²) in [5.74, 6) is 1.51. The van der Waals surface area contributed by atoms with Gasteiger partial charge in [0.2, 0.25) is 5.88 Å². The molecule has 0 N–H and O–H groups in total. The van der Waals surface area contributed by atoms with Gasteiger partial charge >= 0.3 is 5.97 Å². The van der Waals surface area contributed by atoms with Crippen molar-refractivity contribution >= 4 is 27.9 Å². The fourth-order valence-corrected chi connectivity index (χ4v) is 6.37. The van der Waals surface area contributed by atoms with E-state index in [1.54, 1.807) is 0 Å². The second-order valence-corrected chi connectivity index (χ2v) is 13.0. The number of nitrogens with zero attached hydrogens (tertiary/aromatic N) is 5. The van der Waals surface area contributed by atoms with Crippen molar-refractivity contribution in [3.63, 3.8) is 0 Å². The molecule has 0 aliphatic carbocycles. The third-order valence-electron chi connectivity index (χ3n) is 9.04. The first-order valence-corrected chi connectivity index (χ1v) is 16.5. The summed E-state index contributed by atoms with van der Waals surface area (Å²) in [6.07, 6.45) is 4.38. The molecule has 0 spiro atoms. The van der Waals surface area contributed by atoms with Crippen LogP contribution >= 0.6 is 0 Å². The number of ether oxygens (including phenoxy) is 3. The monoisotopic (exact) mass is 637 g/mol. The molecule has 0 amide bonds. The summed E-state index contributed by atoms with van der Waals surface area (Å²) in [6.45, 7) is 8.82. The van der Waals surface area contributed by atoms with Crippen molar-refractivity contribution in [1.29, 1.82) is 0 Å². The van der Waals surface area contributed by atoms with Crippen LogP contribution in [0.25, 0.3) is 21.9 Å². The Morgan fingerprint density at radius 1 is 1.04 bits per heavy atom. The van der Waals surface area contributed by atoms with Crippen LogP contribution in [0.5, 0.6) is 5.88 Å². The van der Waals surface area contributed by atoms with Crippen molar-refractivity contribution in [2.24, 2.45) is 5.92 Å². The molecular weight excluding hydrogens is 597 g/mol. The minimum Gasteiger partial charge on any atom is -0.473 e. The Balaban J connectivity index is 1.01. The highest BCUT2D eigenvalue weighted by Crippen LogP contribution is 2.30. The Kier molecular flexibility index (Phi) is 9.13. The van der Waals surface area contributed by atoms with Crippen molar-refractivity contribution in [1.82, 2.24) is 24.4 Å². The van der Waals surface area contributed by atoms with Gasteiger partial charge in [0.05, 0.1) is 54.1 Å². The van der Waals surface area contributed by atoms with Crippen LogP contribution in [0.1, 0.15) is 66.5 Å². The molecule has 10 heteroatoms. The highest BCUT2D eigenvalue weighted by atomic mass is 19.1. The molecule has 0 unspecified atom stereocenters. The van der Waals surface area contributed by atoms with E-state index < -0.39 is 0 Å². The van der Waals surface area contributed by atoms with Gasteiger partial charge in [-0.05, 0) is 68.6 Å². The molecule has 2 saturated heterocycles. The molecule has 9 nitrogen and oxygen atoms in total. The van der Waals surface area contributed by atoms with Gasteiger partial charge in [-0.3, -0.25) is 9.88 Å². The summed E-state index contributed by atoms with van der Waals surface area (Å²) in [6, 6.07) is 18.8. The van der Waals surface area contributed by atoms with E-state index in [1.165, 1.54) is 12.3 Å². The average Bonchev–Trinajstić information content (AvgIpc) is 3.40. The van der Waals surface area contributed by atoms with Crippen molar-refractivity contribution in [2.45, 2.75) is 64.8 Å². The molecule has 244 valence electrons. The lowest BCUT2D eigenvalue weighted by atomic mass is 9.93. The predicted molar refractivity (Wildman–Crippen MR) is 177 cm³/mol. The lowest BCUT2D eigenvalue weighted by Crippen LogP contribution is -2.35. The zero-order chi connectivity index (χ0) is 32.3. The molecule has 2 aromatic carbocycles. The third kappa shape index (κ3) is 7.13. The summed E-state index contributed by atoms with van der Waals surface area (Å²) in [5.41, 5.74) is 5.02. The number of halogens is 1. The molecule has 0 saturated carbocycles. The Morgan fingerprint density at radius 3 is 2.66 bits per heavy atom. The summed E-state index contributed by atoms with van der Waals surface area (Å²) in [5, 5.41) is 0.748. The number of benzene rings is 2. The van der Waals surface area contributed by atoms with E-state index in [4.69, 9.17) is 24.2 Å². The number of likely N-dealkylation sites (tertiary alicyclic amines) is 1. The van der Waals surface area contributed by atoms with Crippen LogP contribution in [-0.2, 0) is 29.2 Å². The molecule has 5 heterocycles. The topological polar surface area (TPSA) is 91.6 Å². The van der Waals surface area contributed by atoms with Gasteiger partial charge in [0.15, 0.2) is 0 Å². The first kappa shape index (κ1) is 31.2. The largest absolute Gasteiger partial charge is 0.473 e. The van der Waals surface area contributed by atoms with E-state index in [0.717, 1.165) is 91.1 Å². The maximum Gasteiger partial charge on any atom is 0.338 e. The van der Waals surface area contributed by atoms with Gasteiger partial charge in [-0.2, -0.15) is 0 Å². The second kappa shape index (κ2) is 13.8. The van der Waals surface area contributed by atoms with Gasteiger partial charge in [-0.25, -0.2) is 19.2 Å². The van der Waals surface area contributed by atoms with E-state index in [2.05, 4.69) is 20.5 Å². The number of fused-ring (bicyclic) bond motifs is 2. The number of esters is 1. The van der Waals surface area contributed by atoms with Gasteiger partial charge in [-0.1, -0.05) is 38.1 Å².